The Morgan fingerprint density at radius 3 is 2.88 bits per heavy atom. The molecule has 8 nitrogen and oxygen atoms in total. The van der Waals surface area contributed by atoms with Gasteiger partial charge in [0, 0.05) is 49.1 Å². The highest BCUT2D eigenvalue weighted by molar-refractivity contribution is 5.89. The Balaban J connectivity index is 1.45. The maximum atomic E-state index is 13.1. The van der Waals surface area contributed by atoms with Crippen molar-refractivity contribution in [1.29, 1.82) is 0 Å². The molecule has 0 atom stereocenters. The largest absolute Gasteiger partial charge is 0.464 e. The first-order chi connectivity index (χ1) is 16.5. The fraction of sp³-hybridized carbons (Fsp3) is 0.308. The van der Waals surface area contributed by atoms with Crippen molar-refractivity contribution in [3.8, 4) is 0 Å². The molecule has 0 fully saturated rings. The first-order valence-corrected chi connectivity index (χ1v) is 11.4. The summed E-state index contributed by atoms with van der Waals surface area (Å²) in [5.41, 5.74) is 5.23. The molecule has 1 aromatic carbocycles. The van der Waals surface area contributed by atoms with E-state index in [4.69, 9.17) is 9.15 Å². The van der Waals surface area contributed by atoms with Gasteiger partial charge in [-0.1, -0.05) is 17.7 Å². The lowest BCUT2D eigenvalue weighted by atomic mass is 10.0. The van der Waals surface area contributed by atoms with Gasteiger partial charge in [-0.3, -0.25) is 19.4 Å². The summed E-state index contributed by atoms with van der Waals surface area (Å²) in [7, 11) is 0. The molecule has 4 heterocycles. The highest BCUT2D eigenvalue weighted by Crippen LogP contribution is 2.25. The molecule has 0 N–H and O–H groups in total. The molecule has 1 aliphatic rings. The van der Waals surface area contributed by atoms with E-state index in [0.717, 1.165) is 29.1 Å². The van der Waals surface area contributed by atoms with Crippen molar-refractivity contribution in [2.75, 3.05) is 13.2 Å². The normalized spacial score (nSPS) is 13.7. The first-order valence-electron chi connectivity index (χ1n) is 11.4. The molecule has 5 rings (SSSR count). The number of nitrogens with zero attached hydrogens (tertiary/aromatic N) is 4. The molecular formula is C26H26N4O4. The van der Waals surface area contributed by atoms with Gasteiger partial charge in [0.1, 0.15) is 5.58 Å². The van der Waals surface area contributed by atoms with Crippen molar-refractivity contribution in [3.63, 3.8) is 0 Å². The van der Waals surface area contributed by atoms with Crippen molar-refractivity contribution >= 4 is 16.9 Å². The van der Waals surface area contributed by atoms with Crippen LogP contribution < -0.4 is 5.43 Å². The molecule has 174 valence electrons. The topological polar surface area (TPSA) is 90.5 Å². The van der Waals surface area contributed by atoms with E-state index in [1.165, 1.54) is 0 Å². The second kappa shape index (κ2) is 9.23. The Bertz CT molecular complexity index is 1410. The van der Waals surface area contributed by atoms with Crippen molar-refractivity contribution in [1.82, 2.24) is 19.7 Å². The second-order valence-electron chi connectivity index (χ2n) is 8.52. The van der Waals surface area contributed by atoms with E-state index in [1.807, 2.05) is 48.0 Å². The molecule has 1 aliphatic heterocycles. The molecule has 0 bridgehead atoms. The molecule has 34 heavy (non-hydrogen) atoms. The van der Waals surface area contributed by atoms with Crippen LogP contribution in [0.25, 0.3) is 11.0 Å². The number of pyridine rings is 1. The van der Waals surface area contributed by atoms with Crippen molar-refractivity contribution in [3.05, 3.63) is 92.9 Å². The first kappa shape index (κ1) is 22.0. The standard InChI is InChI=1S/C26H26N4O4/c1-3-33-26(32)24-21-15-29(11-9-22(21)30(28-24)14-19-6-4-5-10-27-19)13-18-16-34-23-8-7-17(2)12-20(23)25(18)31/h4-8,10,12,16H,3,9,11,13-15H2,1-2H3. The second-order valence-corrected chi connectivity index (χ2v) is 8.52. The van der Waals surface area contributed by atoms with Gasteiger partial charge < -0.3 is 9.15 Å². The number of carbonyl (C=O) groups is 1. The van der Waals surface area contributed by atoms with Crippen LogP contribution in [0.15, 0.2) is 58.1 Å². The predicted octanol–water partition coefficient (Wildman–Crippen LogP) is 3.48. The summed E-state index contributed by atoms with van der Waals surface area (Å²) in [6, 6.07) is 11.4. The highest BCUT2D eigenvalue weighted by atomic mass is 16.5. The molecule has 4 aromatic rings. The third kappa shape index (κ3) is 4.24. The smallest absolute Gasteiger partial charge is 0.359 e. The van der Waals surface area contributed by atoms with Crippen molar-refractivity contribution < 1.29 is 13.9 Å². The minimum absolute atomic E-state index is 0.0211. The summed E-state index contributed by atoms with van der Waals surface area (Å²) >= 11 is 0. The Hall–Kier alpha value is -3.78. The maximum absolute atomic E-state index is 13.1. The summed E-state index contributed by atoms with van der Waals surface area (Å²) < 4.78 is 12.9. The molecule has 8 heteroatoms. The van der Waals surface area contributed by atoms with Crippen LogP contribution in [0.5, 0.6) is 0 Å². The van der Waals surface area contributed by atoms with Crippen LogP contribution in [0.3, 0.4) is 0 Å². The molecule has 0 saturated heterocycles. The van der Waals surface area contributed by atoms with Gasteiger partial charge in [0.15, 0.2) is 11.1 Å². The summed E-state index contributed by atoms with van der Waals surface area (Å²) in [6.45, 7) is 6.16. The van der Waals surface area contributed by atoms with Gasteiger partial charge in [-0.15, -0.1) is 0 Å². The third-order valence-corrected chi connectivity index (χ3v) is 6.11. The Labute approximate surface area is 196 Å². The Morgan fingerprint density at radius 1 is 1.21 bits per heavy atom. The van der Waals surface area contributed by atoms with E-state index in [9.17, 15) is 9.59 Å². The maximum Gasteiger partial charge on any atom is 0.359 e. The SMILES string of the molecule is CCOC(=O)c1nn(Cc2ccccn2)c2c1CN(Cc1coc3ccc(C)cc3c1=O)CC2. The summed E-state index contributed by atoms with van der Waals surface area (Å²) in [5.74, 6) is -0.430. The highest BCUT2D eigenvalue weighted by Gasteiger charge is 2.29. The minimum Gasteiger partial charge on any atom is -0.464 e. The number of benzene rings is 1. The van der Waals surface area contributed by atoms with Gasteiger partial charge in [-0.25, -0.2) is 4.79 Å². The fourth-order valence-corrected chi connectivity index (χ4v) is 4.46. The van der Waals surface area contributed by atoms with Crippen LogP contribution in [0, 0.1) is 6.92 Å². The van der Waals surface area contributed by atoms with E-state index in [2.05, 4.69) is 15.0 Å². The molecule has 0 radical (unpaired) electrons. The average Bonchev–Trinajstić information content (AvgIpc) is 3.20. The Morgan fingerprint density at radius 2 is 2.09 bits per heavy atom. The summed E-state index contributed by atoms with van der Waals surface area (Å²) in [5, 5.41) is 5.20. The fourth-order valence-electron chi connectivity index (χ4n) is 4.46. The number of esters is 1. The van der Waals surface area contributed by atoms with Gasteiger partial charge in [0.25, 0.3) is 0 Å². The van der Waals surface area contributed by atoms with Crippen LogP contribution >= 0.6 is 0 Å². The monoisotopic (exact) mass is 458 g/mol. The molecule has 0 spiro atoms. The van der Waals surface area contributed by atoms with E-state index >= 15 is 0 Å². The quantitative estimate of drug-likeness (QED) is 0.409. The number of aromatic nitrogens is 3. The van der Waals surface area contributed by atoms with Gasteiger partial charge in [0.05, 0.1) is 30.5 Å². The zero-order chi connectivity index (χ0) is 23.7. The number of aryl methyl sites for hydroxylation is 1. The van der Waals surface area contributed by atoms with Crippen molar-refractivity contribution in [2.45, 2.75) is 39.9 Å². The van der Waals surface area contributed by atoms with E-state index in [0.29, 0.717) is 48.3 Å². The average molecular weight is 459 g/mol. The lowest BCUT2D eigenvalue weighted by Gasteiger charge is -2.27. The number of hydrogen-bond donors (Lipinski definition) is 0. The number of carbonyl (C=O) groups excluding carboxylic acids is 1. The number of rotatable bonds is 6. The third-order valence-electron chi connectivity index (χ3n) is 6.11. The lowest BCUT2D eigenvalue weighted by Crippen LogP contribution is -2.33. The summed E-state index contributed by atoms with van der Waals surface area (Å²) in [6.07, 6.45) is 3.99. The molecule has 3 aromatic heterocycles. The molecule has 0 amide bonds. The van der Waals surface area contributed by atoms with Crippen LogP contribution in [-0.4, -0.2) is 38.8 Å². The lowest BCUT2D eigenvalue weighted by molar-refractivity contribution is 0.0515. The van der Waals surface area contributed by atoms with Gasteiger partial charge in [0.2, 0.25) is 0 Å². The van der Waals surface area contributed by atoms with Gasteiger partial charge in [-0.2, -0.15) is 5.10 Å². The van der Waals surface area contributed by atoms with E-state index < -0.39 is 5.97 Å². The molecular weight excluding hydrogens is 432 g/mol. The zero-order valence-electron chi connectivity index (χ0n) is 19.3. The number of hydrogen-bond acceptors (Lipinski definition) is 7. The number of ether oxygens (including phenoxy) is 1. The minimum atomic E-state index is -0.430. The van der Waals surface area contributed by atoms with Crippen molar-refractivity contribution in [2.24, 2.45) is 0 Å². The molecule has 0 unspecified atom stereocenters. The molecule has 0 saturated carbocycles. The zero-order valence-corrected chi connectivity index (χ0v) is 19.3. The van der Waals surface area contributed by atoms with Crippen LogP contribution in [0.1, 0.15) is 45.5 Å². The van der Waals surface area contributed by atoms with E-state index in [-0.39, 0.29) is 12.0 Å². The van der Waals surface area contributed by atoms with Crippen LogP contribution in [0.2, 0.25) is 0 Å². The van der Waals surface area contributed by atoms with Crippen LogP contribution in [-0.2, 0) is 30.8 Å². The number of fused-ring (bicyclic) bond motifs is 2. The van der Waals surface area contributed by atoms with E-state index in [1.54, 1.807) is 19.4 Å². The Kier molecular flexibility index (Phi) is 5.98. The van der Waals surface area contributed by atoms with Gasteiger partial charge in [-0.05, 0) is 38.1 Å². The molecule has 0 aliphatic carbocycles. The van der Waals surface area contributed by atoms with Crippen LogP contribution in [0.4, 0.5) is 0 Å². The summed E-state index contributed by atoms with van der Waals surface area (Å²) in [4.78, 5) is 32.3. The predicted molar refractivity (Wildman–Crippen MR) is 127 cm³/mol. The van der Waals surface area contributed by atoms with Gasteiger partial charge >= 0.3 is 5.97 Å².